The molecule has 2 heteroatoms. The Hall–Kier alpha value is -1.31. The van der Waals surface area contributed by atoms with E-state index in [-0.39, 0.29) is 5.41 Å². The second kappa shape index (κ2) is 9.86. The van der Waals surface area contributed by atoms with E-state index >= 15 is 0 Å². The molecule has 0 aromatic carbocycles. The molecule has 0 unspecified atom stereocenters. The van der Waals surface area contributed by atoms with Crippen molar-refractivity contribution in [3.63, 3.8) is 0 Å². The third-order valence-corrected chi connectivity index (χ3v) is 4.31. The minimum Gasteiger partial charge on any atom is -0.445 e. The van der Waals surface area contributed by atoms with Crippen LogP contribution in [0.2, 0.25) is 0 Å². The summed E-state index contributed by atoms with van der Waals surface area (Å²) in [5.74, 6) is 1.75. The molecule has 0 N–H and O–H groups in total. The van der Waals surface area contributed by atoms with Crippen LogP contribution in [0.25, 0.3) is 0 Å². The van der Waals surface area contributed by atoms with Gasteiger partial charge < -0.3 is 4.42 Å². The Morgan fingerprint density at radius 3 is 2.25 bits per heavy atom. The topological polar surface area (TPSA) is 26.0 Å². The van der Waals surface area contributed by atoms with Crippen molar-refractivity contribution in [2.45, 2.75) is 92.4 Å². The van der Waals surface area contributed by atoms with E-state index in [1.54, 1.807) is 0 Å². The first-order chi connectivity index (χ1) is 11.2. The Balaban J connectivity index is 2.45. The number of oxazole rings is 1. The quantitative estimate of drug-likeness (QED) is 0.323. The van der Waals surface area contributed by atoms with Crippen molar-refractivity contribution >= 4 is 0 Å². The van der Waals surface area contributed by atoms with E-state index < -0.39 is 0 Å². The molecule has 0 saturated carbocycles. The lowest BCUT2D eigenvalue weighted by Gasteiger charge is -2.20. The van der Waals surface area contributed by atoms with Crippen molar-refractivity contribution in [3.05, 3.63) is 41.6 Å². The summed E-state index contributed by atoms with van der Waals surface area (Å²) in [7, 11) is 0. The van der Waals surface area contributed by atoms with Crippen LogP contribution in [-0.2, 0) is 12.8 Å². The predicted molar refractivity (Wildman–Crippen MR) is 104 cm³/mol. The van der Waals surface area contributed by atoms with Crippen LogP contribution in [0.5, 0.6) is 0 Å². The Kier molecular flexibility index (Phi) is 8.52. The molecular weight excluding hydrogens is 294 g/mol. The highest BCUT2D eigenvalue weighted by atomic mass is 16.4. The van der Waals surface area contributed by atoms with Gasteiger partial charge in [0.1, 0.15) is 5.76 Å². The fourth-order valence-electron chi connectivity index (χ4n) is 2.94. The minimum atomic E-state index is 0.232. The summed E-state index contributed by atoms with van der Waals surface area (Å²) in [6.45, 7) is 19.3. The second-order valence-corrected chi connectivity index (χ2v) is 8.25. The Morgan fingerprint density at radius 2 is 1.62 bits per heavy atom. The highest BCUT2D eigenvalue weighted by molar-refractivity contribution is 5.29. The zero-order chi connectivity index (χ0) is 18.2. The lowest BCUT2D eigenvalue weighted by Crippen LogP contribution is -2.07. The molecule has 0 radical (unpaired) electrons. The van der Waals surface area contributed by atoms with Gasteiger partial charge in [-0.05, 0) is 37.2 Å². The maximum atomic E-state index is 5.85. The van der Waals surface area contributed by atoms with Crippen LogP contribution < -0.4 is 0 Å². The number of hydrogen-bond acceptors (Lipinski definition) is 2. The van der Waals surface area contributed by atoms with Crippen molar-refractivity contribution in [2.75, 3.05) is 0 Å². The van der Waals surface area contributed by atoms with Gasteiger partial charge in [0.25, 0.3) is 0 Å². The van der Waals surface area contributed by atoms with Crippen LogP contribution >= 0.6 is 0 Å². The lowest BCUT2D eigenvalue weighted by atomic mass is 9.85. The van der Waals surface area contributed by atoms with Crippen molar-refractivity contribution in [1.82, 2.24) is 4.98 Å². The molecule has 0 atom stereocenters. The highest BCUT2D eigenvalue weighted by Gasteiger charge is 2.16. The average Bonchev–Trinajstić information content (AvgIpc) is 2.80. The van der Waals surface area contributed by atoms with E-state index in [0.29, 0.717) is 6.42 Å². The van der Waals surface area contributed by atoms with E-state index in [4.69, 9.17) is 9.40 Å². The van der Waals surface area contributed by atoms with Gasteiger partial charge in [-0.15, -0.1) is 0 Å². The molecule has 1 heterocycles. The molecule has 1 rings (SSSR count). The Morgan fingerprint density at radius 1 is 1.00 bits per heavy atom. The zero-order valence-electron chi connectivity index (χ0n) is 16.6. The first-order valence-electron chi connectivity index (χ1n) is 9.54. The molecule has 0 aliphatic carbocycles. The Labute approximate surface area is 149 Å². The smallest absolute Gasteiger partial charge is 0.199 e. The van der Waals surface area contributed by atoms with Crippen molar-refractivity contribution < 1.29 is 4.42 Å². The molecule has 136 valence electrons. The van der Waals surface area contributed by atoms with Crippen LogP contribution in [0.1, 0.15) is 90.0 Å². The maximum absolute atomic E-state index is 5.85. The fourth-order valence-corrected chi connectivity index (χ4v) is 2.94. The molecule has 0 fully saturated rings. The zero-order valence-corrected chi connectivity index (χ0v) is 16.6. The number of rotatable bonds is 11. The standard InChI is InChI=1S/C22H37NO/c1-8-9-10-11-12-13-14-20-19(4)24-21(23-20)15-17(2)18(3)16-22(5,6)7/h2-3,8-16H2,1,4-7H3. The molecule has 0 spiro atoms. The number of unbranched alkanes of at least 4 members (excludes halogenated alkanes) is 5. The lowest BCUT2D eigenvalue weighted by molar-refractivity contribution is 0.410. The highest BCUT2D eigenvalue weighted by Crippen LogP contribution is 2.28. The molecular formula is C22H37NO. The molecule has 0 bridgehead atoms. The van der Waals surface area contributed by atoms with Gasteiger partial charge in [0.2, 0.25) is 0 Å². The molecule has 0 saturated heterocycles. The largest absolute Gasteiger partial charge is 0.445 e. The number of aryl methyl sites for hydroxylation is 2. The van der Waals surface area contributed by atoms with E-state index in [1.807, 2.05) is 6.92 Å². The summed E-state index contributed by atoms with van der Waals surface area (Å²) in [5, 5.41) is 0. The molecule has 1 aromatic heterocycles. The van der Waals surface area contributed by atoms with E-state index in [9.17, 15) is 0 Å². The summed E-state index contributed by atoms with van der Waals surface area (Å²) >= 11 is 0. The van der Waals surface area contributed by atoms with Gasteiger partial charge in [0.15, 0.2) is 5.89 Å². The fraction of sp³-hybridized carbons (Fsp3) is 0.682. The SMILES string of the molecule is C=C(Cc1nc(CCCCCCCC)c(C)o1)C(=C)CC(C)(C)C. The van der Waals surface area contributed by atoms with Crippen LogP contribution in [0.4, 0.5) is 0 Å². The monoisotopic (exact) mass is 331 g/mol. The number of nitrogens with zero attached hydrogens (tertiary/aromatic N) is 1. The van der Waals surface area contributed by atoms with Crippen molar-refractivity contribution in [2.24, 2.45) is 5.41 Å². The second-order valence-electron chi connectivity index (χ2n) is 8.25. The summed E-state index contributed by atoms with van der Waals surface area (Å²) in [5.41, 5.74) is 3.50. The van der Waals surface area contributed by atoms with Crippen LogP contribution in [0.15, 0.2) is 28.7 Å². The number of aromatic nitrogens is 1. The summed E-state index contributed by atoms with van der Waals surface area (Å²) in [6.07, 6.45) is 10.5. The number of hydrogen-bond donors (Lipinski definition) is 0. The van der Waals surface area contributed by atoms with Gasteiger partial charge in [-0.3, -0.25) is 0 Å². The molecule has 0 aliphatic rings. The third kappa shape index (κ3) is 7.99. The molecule has 24 heavy (non-hydrogen) atoms. The van der Waals surface area contributed by atoms with Gasteiger partial charge in [-0.2, -0.15) is 0 Å². The molecule has 1 aromatic rings. The first-order valence-corrected chi connectivity index (χ1v) is 9.54. The Bertz CT molecular complexity index is 531. The van der Waals surface area contributed by atoms with E-state index in [1.165, 1.54) is 38.5 Å². The maximum Gasteiger partial charge on any atom is 0.199 e. The van der Waals surface area contributed by atoms with Gasteiger partial charge >= 0.3 is 0 Å². The van der Waals surface area contributed by atoms with Crippen molar-refractivity contribution in [1.29, 1.82) is 0 Å². The van der Waals surface area contributed by atoms with Gasteiger partial charge in [-0.25, -0.2) is 4.98 Å². The molecule has 0 amide bonds. The summed E-state index contributed by atoms with van der Waals surface area (Å²) in [4.78, 5) is 4.69. The third-order valence-electron chi connectivity index (χ3n) is 4.31. The number of allylic oxidation sites excluding steroid dienone is 2. The predicted octanol–water partition coefficient (Wildman–Crippen LogP) is 6.98. The summed E-state index contributed by atoms with van der Waals surface area (Å²) < 4.78 is 5.85. The van der Waals surface area contributed by atoms with Crippen LogP contribution in [0, 0.1) is 12.3 Å². The summed E-state index contributed by atoms with van der Waals surface area (Å²) in [6, 6.07) is 0. The van der Waals surface area contributed by atoms with E-state index in [0.717, 1.165) is 41.3 Å². The normalized spacial score (nSPS) is 11.7. The van der Waals surface area contributed by atoms with Crippen LogP contribution in [-0.4, -0.2) is 4.98 Å². The molecule has 2 nitrogen and oxygen atoms in total. The first kappa shape index (κ1) is 20.7. The van der Waals surface area contributed by atoms with Gasteiger partial charge in [0, 0.05) is 6.42 Å². The van der Waals surface area contributed by atoms with Crippen LogP contribution in [0.3, 0.4) is 0 Å². The van der Waals surface area contributed by atoms with E-state index in [2.05, 4.69) is 40.9 Å². The van der Waals surface area contributed by atoms with Crippen molar-refractivity contribution in [3.8, 4) is 0 Å². The van der Waals surface area contributed by atoms with Gasteiger partial charge in [-0.1, -0.05) is 78.5 Å². The van der Waals surface area contributed by atoms with Gasteiger partial charge in [0.05, 0.1) is 5.69 Å². The minimum absolute atomic E-state index is 0.232. The average molecular weight is 332 g/mol. The molecule has 0 aliphatic heterocycles.